The Kier molecular flexibility index (Phi) is 12.4. The van der Waals surface area contributed by atoms with Crippen LogP contribution in [0, 0.1) is 18.7 Å². The number of nitrogens with one attached hydrogen (secondary N) is 1. The Morgan fingerprint density at radius 2 is 1.61 bits per heavy atom. The number of aromatic nitrogens is 1. The second kappa shape index (κ2) is 16.3. The molecule has 10 nitrogen and oxygen atoms in total. The number of ether oxygens (including phenoxy) is 3. The van der Waals surface area contributed by atoms with Crippen LogP contribution in [0.4, 0.5) is 19.8 Å². The maximum atomic E-state index is 13.5. The van der Waals surface area contributed by atoms with E-state index in [2.05, 4.69) is 5.32 Å². The number of nitrogens with zero attached hydrogens (tertiary/aromatic N) is 3. The second-order valence-electron chi connectivity index (χ2n) is 14.5. The molecule has 3 amide bonds. The molecule has 0 aliphatic carbocycles. The van der Waals surface area contributed by atoms with Gasteiger partial charge in [0, 0.05) is 24.7 Å². The summed E-state index contributed by atoms with van der Waals surface area (Å²) in [4.78, 5) is 47.3. The summed E-state index contributed by atoms with van der Waals surface area (Å²) in [6.45, 7) is 13.8. The molecule has 0 saturated carbocycles. The van der Waals surface area contributed by atoms with Crippen molar-refractivity contribution >= 4 is 23.9 Å². The van der Waals surface area contributed by atoms with Gasteiger partial charge in [-0.3, -0.25) is 9.69 Å². The topological polar surface area (TPSA) is 110 Å². The van der Waals surface area contributed by atoms with Gasteiger partial charge in [0.2, 0.25) is 5.91 Å². The van der Waals surface area contributed by atoms with Crippen molar-refractivity contribution in [1.29, 1.82) is 0 Å². The maximum Gasteiger partial charge on any atom is 0.416 e. The summed E-state index contributed by atoms with van der Waals surface area (Å²) in [5.41, 5.74) is 1.93. The van der Waals surface area contributed by atoms with Crippen LogP contribution in [-0.4, -0.2) is 71.5 Å². The zero-order chi connectivity index (χ0) is 35.8. The Hall–Kier alpha value is -4.51. The summed E-state index contributed by atoms with van der Waals surface area (Å²) >= 11 is 0. The predicted octanol–water partition coefficient (Wildman–Crippen LogP) is 6.62. The molecule has 1 N–H and O–H groups in total. The van der Waals surface area contributed by atoms with Crippen molar-refractivity contribution in [1.82, 2.24) is 15.2 Å². The van der Waals surface area contributed by atoms with Gasteiger partial charge in [-0.15, -0.1) is 0 Å². The van der Waals surface area contributed by atoms with E-state index in [4.69, 9.17) is 19.2 Å². The Bertz CT molecular complexity index is 1590. The minimum atomic E-state index is -0.704. The summed E-state index contributed by atoms with van der Waals surface area (Å²) in [5, 5.41) is 2.82. The quantitative estimate of drug-likeness (QED) is 0.243. The molecule has 1 fully saturated rings. The fourth-order valence-electron chi connectivity index (χ4n) is 5.53. The van der Waals surface area contributed by atoms with E-state index >= 15 is 0 Å². The Morgan fingerprint density at radius 1 is 0.918 bits per heavy atom. The monoisotopic (exact) mass is 676 g/mol. The van der Waals surface area contributed by atoms with Crippen LogP contribution in [0.5, 0.6) is 0 Å². The van der Waals surface area contributed by atoms with Gasteiger partial charge >= 0.3 is 12.2 Å². The lowest BCUT2D eigenvalue weighted by molar-refractivity contribution is -0.128. The number of aryl methyl sites for hydroxylation is 1. The number of hydrogen-bond acceptors (Lipinski definition) is 7. The lowest BCUT2D eigenvalue weighted by Crippen LogP contribution is -2.37. The molecule has 1 aliphatic rings. The molecular weight excluding hydrogens is 627 g/mol. The van der Waals surface area contributed by atoms with Crippen LogP contribution < -0.4 is 10.2 Å². The van der Waals surface area contributed by atoms with Gasteiger partial charge in [0.1, 0.15) is 29.4 Å². The summed E-state index contributed by atoms with van der Waals surface area (Å²) in [7, 11) is 0. The van der Waals surface area contributed by atoms with E-state index in [0.29, 0.717) is 37.4 Å². The lowest BCUT2D eigenvalue weighted by Gasteiger charge is -2.27. The van der Waals surface area contributed by atoms with E-state index < -0.39 is 29.5 Å². The normalized spacial score (nSPS) is 16.3. The number of benzene rings is 2. The molecule has 2 unspecified atom stereocenters. The molecule has 1 aromatic heterocycles. The molecule has 49 heavy (non-hydrogen) atoms. The SMILES string of the molecule is Cc1cc(CC2CN(C(=O)OC(C)(C)C)CC2OCC(=O)NCCc2cccc(F)c2)nc(N(Cc2ccccc2)C(=O)OC(C)(C)C)c1. The highest BCUT2D eigenvalue weighted by Gasteiger charge is 2.38. The number of pyridine rings is 1. The number of hydrogen-bond donors (Lipinski definition) is 1. The second-order valence-corrected chi connectivity index (χ2v) is 14.5. The van der Waals surface area contributed by atoms with Gasteiger partial charge in [0.15, 0.2) is 0 Å². The van der Waals surface area contributed by atoms with Gasteiger partial charge in [-0.05, 0) is 102 Å². The lowest BCUT2D eigenvalue weighted by atomic mass is 9.98. The highest BCUT2D eigenvalue weighted by molar-refractivity contribution is 5.86. The van der Waals surface area contributed by atoms with Crippen molar-refractivity contribution in [2.24, 2.45) is 5.92 Å². The summed E-state index contributed by atoms with van der Waals surface area (Å²) in [5.74, 6) is -0.391. The average molecular weight is 677 g/mol. The number of carbonyl (C=O) groups excluding carboxylic acids is 3. The van der Waals surface area contributed by atoms with Crippen LogP contribution in [0.3, 0.4) is 0 Å². The molecular formula is C38H49FN4O6. The average Bonchev–Trinajstić information content (AvgIpc) is 3.40. The third-order valence-electron chi connectivity index (χ3n) is 7.64. The van der Waals surface area contributed by atoms with Crippen molar-refractivity contribution < 1.29 is 33.0 Å². The van der Waals surface area contributed by atoms with E-state index in [1.54, 1.807) is 17.0 Å². The van der Waals surface area contributed by atoms with Crippen molar-refractivity contribution in [2.75, 3.05) is 31.1 Å². The molecule has 3 aromatic rings. The number of anilines is 1. The molecule has 0 bridgehead atoms. The molecule has 4 rings (SSSR count). The Morgan fingerprint density at radius 3 is 2.29 bits per heavy atom. The van der Waals surface area contributed by atoms with Gasteiger partial charge in [-0.25, -0.2) is 19.0 Å². The molecule has 1 aliphatic heterocycles. The van der Waals surface area contributed by atoms with E-state index in [0.717, 1.165) is 16.7 Å². The molecule has 0 spiro atoms. The minimum absolute atomic E-state index is 0.206. The summed E-state index contributed by atoms with van der Waals surface area (Å²) < 4.78 is 31.0. The van der Waals surface area contributed by atoms with Crippen LogP contribution in [-0.2, 0) is 38.4 Å². The van der Waals surface area contributed by atoms with Gasteiger partial charge in [-0.1, -0.05) is 42.5 Å². The number of rotatable bonds is 11. The maximum absolute atomic E-state index is 13.5. The van der Waals surface area contributed by atoms with Crippen LogP contribution in [0.1, 0.15) is 63.9 Å². The van der Waals surface area contributed by atoms with E-state index in [9.17, 15) is 18.8 Å². The van der Waals surface area contributed by atoms with E-state index in [-0.39, 0.29) is 37.3 Å². The zero-order valence-corrected chi connectivity index (χ0v) is 29.6. The van der Waals surface area contributed by atoms with Gasteiger partial charge in [0.25, 0.3) is 0 Å². The zero-order valence-electron chi connectivity index (χ0n) is 29.6. The molecule has 0 radical (unpaired) electrons. The van der Waals surface area contributed by atoms with E-state index in [1.807, 2.05) is 90.9 Å². The fraction of sp³-hybridized carbons (Fsp3) is 0.474. The van der Waals surface area contributed by atoms with Crippen LogP contribution in [0.2, 0.25) is 0 Å². The summed E-state index contributed by atoms with van der Waals surface area (Å²) in [6, 6.07) is 19.7. The van der Waals surface area contributed by atoms with E-state index in [1.165, 1.54) is 17.0 Å². The Balaban J connectivity index is 1.50. The number of halogens is 1. The van der Waals surface area contributed by atoms with Crippen molar-refractivity contribution in [3.63, 3.8) is 0 Å². The summed E-state index contributed by atoms with van der Waals surface area (Å²) in [6.07, 6.45) is -0.540. The van der Waals surface area contributed by atoms with Crippen LogP contribution in [0.25, 0.3) is 0 Å². The largest absolute Gasteiger partial charge is 0.444 e. The molecule has 11 heteroatoms. The molecule has 2 atom stereocenters. The van der Waals surface area contributed by atoms with Crippen molar-refractivity contribution in [3.05, 3.63) is 94.9 Å². The smallest absolute Gasteiger partial charge is 0.416 e. The van der Waals surface area contributed by atoms with Crippen LogP contribution >= 0.6 is 0 Å². The van der Waals surface area contributed by atoms with Gasteiger partial charge < -0.3 is 24.4 Å². The number of amides is 3. The first-order chi connectivity index (χ1) is 23.0. The third kappa shape index (κ3) is 12.2. The molecule has 2 heterocycles. The first-order valence-electron chi connectivity index (χ1n) is 16.7. The molecule has 1 saturated heterocycles. The molecule has 2 aromatic carbocycles. The molecule has 264 valence electrons. The van der Waals surface area contributed by atoms with Gasteiger partial charge in [0.05, 0.1) is 19.2 Å². The fourth-order valence-corrected chi connectivity index (χ4v) is 5.53. The number of carbonyl (C=O) groups is 3. The first-order valence-corrected chi connectivity index (χ1v) is 16.7. The highest BCUT2D eigenvalue weighted by atomic mass is 19.1. The first kappa shape index (κ1) is 37.3. The van der Waals surface area contributed by atoms with Crippen molar-refractivity contribution in [2.45, 2.75) is 85.2 Å². The number of likely N-dealkylation sites (tertiary alicyclic amines) is 1. The minimum Gasteiger partial charge on any atom is -0.444 e. The van der Waals surface area contributed by atoms with Crippen LogP contribution in [0.15, 0.2) is 66.7 Å². The standard InChI is InChI=1S/C38H49FN4O6/c1-26-18-31(41-33(19-26)43(36(46)49-38(5,6)7)22-28-12-9-8-10-13-28)21-29-23-42(35(45)48-37(2,3)4)24-32(29)47-25-34(44)40-17-16-27-14-11-15-30(39)20-27/h8-15,18-20,29,32H,16-17,21-25H2,1-7H3,(H,40,44). The Labute approximate surface area is 288 Å². The predicted molar refractivity (Wildman–Crippen MR) is 186 cm³/mol. The highest BCUT2D eigenvalue weighted by Crippen LogP contribution is 2.28. The van der Waals surface area contributed by atoms with Gasteiger partial charge in [-0.2, -0.15) is 0 Å². The third-order valence-corrected chi connectivity index (χ3v) is 7.64. The van der Waals surface area contributed by atoms with Crippen molar-refractivity contribution in [3.8, 4) is 0 Å².